The third-order valence-corrected chi connectivity index (χ3v) is 4.78. The average molecular weight is 449 g/mol. The fourth-order valence-corrected chi connectivity index (χ4v) is 3.18. The Hall–Kier alpha value is -3.57. The van der Waals surface area contributed by atoms with Crippen LogP contribution < -0.4 is 14.9 Å². The van der Waals surface area contributed by atoms with Crippen LogP contribution in [0.3, 0.4) is 0 Å². The van der Waals surface area contributed by atoms with Gasteiger partial charge < -0.3 is 9.47 Å². The minimum Gasteiger partial charge on any atom is -0.490 e. The summed E-state index contributed by atoms with van der Waals surface area (Å²) < 4.78 is 12.0. The Morgan fingerprint density at radius 1 is 1.09 bits per heavy atom. The van der Waals surface area contributed by atoms with Gasteiger partial charge in [0.2, 0.25) is 0 Å². The lowest BCUT2D eigenvalue weighted by molar-refractivity contribution is 0.0955. The summed E-state index contributed by atoms with van der Waals surface area (Å²) in [6, 6.07) is 20.3. The number of ether oxygens (including phenoxy) is 2. The number of benzene rings is 3. The number of nitrogens with zero attached hydrogens (tertiary/aromatic N) is 1. The molecule has 164 valence electrons. The van der Waals surface area contributed by atoms with Crippen molar-refractivity contribution in [3.63, 3.8) is 0 Å². The van der Waals surface area contributed by atoms with Crippen molar-refractivity contribution in [2.24, 2.45) is 5.10 Å². The lowest BCUT2D eigenvalue weighted by atomic mass is 10.1. The molecule has 0 aliphatic rings. The monoisotopic (exact) mass is 448 g/mol. The molecule has 1 amide bonds. The van der Waals surface area contributed by atoms with E-state index in [2.05, 4.69) is 17.1 Å². The van der Waals surface area contributed by atoms with Gasteiger partial charge in [0, 0.05) is 16.1 Å². The van der Waals surface area contributed by atoms with Gasteiger partial charge in [0.25, 0.3) is 5.91 Å². The van der Waals surface area contributed by atoms with Crippen LogP contribution in [0.1, 0.15) is 34.0 Å². The fourth-order valence-electron chi connectivity index (χ4n) is 3.05. The second kappa shape index (κ2) is 11.7. The molecule has 6 heteroatoms. The van der Waals surface area contributed by atoms with Gasteiger partial charge in [-0.25, -0.2) is 5.43 Å². The lowest BCUT2D eigenvalue weighted by Gasteiger charge is -2.16. The Kier molecular flexibility index (Phi) is 8.46. The van der Waals surface area contributed by atoms with Crippen molar-refractivity contribution in [2.45, 2.75) is 20.0 Å². The maximum atomic E-state index is 12.2. The topological polar surface area (TPSA) is 59.9 Å². The van der Waals surface area contributed by atoms with Gasteiger partial charge in [-0.05, 0) is 60.9 Å². The zero-order chi connectivity index (χ0) is 22.8. The van der Waals surface area contributed by atoms with Crippen LogP contribution >= 0.6 is 11.6 Å². The second-order valence-corrected chi connectivity index (χ2v) is 7.35. The van der Waals surface area contributed by atoms with E-state index in [0.717, 1.165) is 16.7 Å². The molecule has 0 radical (unpaired) electrons. The highest BCUT2D eigenvalue weighted by Crippen LogP contribution is 2.34. The number of amides is 1. The van der Waals surface area contributed by atoms with Gasteiger partial charge in [-0.1, -0.05) is 48.0 Å². The minimum atomic E-state index is -0.322. The molecule has 5 nitrogen and oxygen atoms in total. The third-order valence-electron chi connectivity index (χ3n) is 4.53. The number of hydrogen-bond acceptors (Lipinski definition) is 4. The lowest BCUT2D eigenvalue weighted by Crippen LogP contribution is -2.17. The second-order valence-electron chi connectivity index (χ2n) is 6.91. The standard InChI is InChI=1S/C26H25ClN2O3/c1-3-8-22-15-20(17-28-29-26(30)21-11-13-23(27)14-12-21)16-24(31-4-2)25(22)32-18-19-9-6-5-7-10-19/h3,5-7,9-17H,1,4,8,18H2,2H3,(H,29,30)/b28-17-. The van der Waals surface area contributed by atoms with Crippen molar-refractivity contribution in [1.82, 2.24) is 5.43 Å². The molecule has 1 N–H and O–H groups in total. The Balaban J connectivity index is 1.79. The quantitative estimate of drug-likeness (QED) is 0.242. The number of hydrazone groups is 1. The number of carbonyl (C=O) groups excluding carboxylic acids is 1. The van der Waals surface area contributed by atoms with Crippen LogP contribution in [0.2, 0.25) is 5.02 Å². The molecule has 0 fully saturated rings. The van der Waals surface area contributed by atoms with Crippen LogP contribution in [0.4, 0.5) is 0 Å². The number of allylic oxidation sites excluding steroid dienone is 1. The van der Waals surface area contributed by atoms with Crippen molar-refractivity contribution >= 4 is 23.7 Å². The van der Waals surface area contributed by atoms with E-state index in [1.807, 2.05) is 55.5 Å². The molecule has 0 bridgehead atoms. The molecule has 3 rings (SSSR count). The molecule has 32 heavy (non-hydrogen) atoms. The Bertz CT molecular complexity index is 1080. The first-order valence-corrected chi connectivity index (χ1v) is 10.6. The molecule has 0 aliphatic carbocycles. The summed E-state index contributed by atoms with van der Waals surface area (Å²) in [5, 5.41) is 4.65. The SMILES string of the molecule is C=CCc1cc(/C=N\NC(=O)c2ccc(Cl)cc2)cc(OCC)c1OCc1ccccc1. The summed E-state index contributed by atoms with van der Waals surface area (Å²) in [6.45, 7) is 6.68. The molecule has 0 spiro atoms. The van der Waals surface area contributed by atoms with Crippen LogP contribution in [0.15, 0.2) is 84.5 Å². The van der Waals surface area contributed by atoms with Crippen molar-refractivity contribution in [2.75, 3.05) is 6.61 Å². The van der Waals surface area contributed by atoms with E-state index in [1.165, 1.54) is 0 Å². The van der Waals surface area contributed by atoms with E-state index in [9.17, 15) is 4.79 Å². The van der Waals surface area contributed by atoms with E-state index in [0.29, 0.717) is 41.7 Å². The summed E-state index contributed by atoms with van der Waals surface area (Å²) in [6.07, 6.45) is 3.98. The van der Waals surface area contributed by atoms with E-state index in [4.69, 9.17) is 21.1 Å². The van der Waals surface area contributed by atoms with Crippen molar-refractivity contribution in [1.29, 1.82) is 0 Å². The zero-order valence-electron chi connectivity index (χ0n) is 17.9. The highest BCUT2D eigenvalue weighted by Gasteiger charge is 2.13. The fraction of sp³-hybridized carbons (Fsp3) is 0.154. The summed E-state index contributed by atoms with van der Waals surface area (Å²) in [4.78, 5) is 12.2. The molecule has 0 saturated heterocycles. The maximum Gasteiger partial charge on any atom is 0.271 e. The molecule has 3 aromatic rings. The molecule has 0 unspecified atom stereocenters. The van der Waals surface area contributed by atoms with Crippen LogP contribution in [-0.2, 0) is 13.0 Å². The van der Waals surface area contributed by atoms with E-state index < -0.39 is 0 Å². The number of rotatable bonds is 10. The van der Waals surface area contributed by atoms with Gasteiger partial charge in [-0.3, -0.25) is 4.79 Å². The van der Waals surface area contributed by atoms with E-state index in [1.54, 1.807) is 30.5 Å². The first-order chi connectivity index (χ1) is 15.6. The van der Waals surface area contributed by atoms with Gasteiger partial charge in [-0.2, -0.15) is 5.10 Å². The van der Waals surface area contributed by atoms with Crippen LogP contribution in [0.25, 0.3) is 0 Å². The van der Waals surface area contributed by atoms with Gasteiger partial charge in [-0.15, -0.1) is 6.58 Å². The maximum absolute atomic E-state index is 12.2. The number of hydrogen-bond donors (Lipinski definition) is 1. The molecular weight excluding hydrogens is 424 g/mol. The molecule has 0 saturated carbocycles. The Morgan fingerprint density at radius 2 is 1.84 bits per heavy atom. The molecule has 0 aliphatic heterocycles. The molecule has 0 aromatic heterocycles. The van der Waals surface area contributed by atoms with Gasteiger partial charge in [0.05, 0.1) is 12.8 Å². The number of carbonyl (C=O) groups is 1. The van der Waals surface area contributed by atoms with Crippen molar-refractivity contribution < 1.29 is 14.3 Å². The van der Waals surface area contributed by atoms with E-state index in [-0.39, 0.29) is 5.91 Å². The first-order valence-electron chi connectivity index (χ1n) is 10.3. The molecular formula is C26H25ClN2O3. The van der Waals surface area contributed by atoms with Crippen molar-refractivity contribution in [3.8, 4) is 11.5 Å². The van der Waals surface area contributed by atoms with Gasteiger partial charge >= 0.3 is 0 Å². The summed E-state index contributed by atoms with van der Waals surface area (Å²) in [5.74, 6) is 0.975. The van der Waals surface area contributed by atoms with Gasteiger partial charge in [0.1, 0.15) is 6.61 Å². The normalized spacial score (nSPS) is 10.7. The van der Waals surface area contributed by atoms with Crippen LogP contribution in [0, 0.1) is 0 Å². The first kappa shape index (κ1) is 23.1. The van der Waals surface area contributed by atoms with Crippen LogP contribution in [-0.4, -0.2) is 18.7 Å². The minimum absolute atomic E-state index is 0.322. The number of halogens is 1. The highest BCUT2D eigenvalue weighted by molar-refractivity contribution is 6.30. The average Bonchev–Trinajstić information content (AvgIpc) is 2.80. The molecule has 3 aromatic carbocycles. The van der Waals surface area contributed by atoms with Gasteiger partial charge in [0.15, 0.2) is 11.5 Å². The largest absolute Gasteiger partial charge is 0.490 e. The number of nitrogens with one attached hydrogen (secondary N) is 1. The van der Waals surface area contributed by atoms with Crippen LogP contribution in [0.5, 0.6) is 11.5 Å². The Morgan fingerprint density at radius 3 is 2.53 bits per heavy atom. The molecule has 0 heterocycles. The Labute approximate surface area is 193 Å². The smallest absolute Gasteiger partial charge is 0.271 e. The third kappa shape index (κ3) is 6.46. The molecule has 0 atom stereocenters. The highest BCUT2D eigenvalue weighted by atomic mass is 35.5. The predicted octanol–water partition coefficient (Wildman–Crippen LogP) is 5.81. The van der Waals surface area contributed by atoms with E-state index >= 15 is 0 Å². The summed E-state index contributed by atoms with van der Waals surface area (Å²) in [5.41, 5.74) is 5.76. The summed E-state index contributed by atoms with van der Waals surface area (Å²) in [7, 11) is 0. The van der Waals surface area contributed by atoms with Crippen molar-refractivity contribution in [3.05, 3.63) is 107 Å². The predicted molar refractivity (Wildman–Crippen MR) is 129 cm³/mol. The summed E-state index contributed by atoms with van der Waals surface area (Å²) >= 11 is 5.86. The zero-order valence-corrected chi connectivity index (χ0v) is 18.6.